The van der Waals surface area contributed by atoms with Gasteiger partial charge in [-0.05, 0) is 24.7 Å². The Morgan fingerprint density at radius 2 is 2.33 bits per heavy atom. The first-order valence-corrected chi connectivity index (χ1v) is 5.22. The number of halogens is 1. The summed E-state index contributed by atoms with van der Waals surface area (Å²) in [4.78, 5) is 0. The second kappa shape index (κ2) is 4.60. The Morgan fingerprint density at radius 3 is 2.92 bits per heavy atom. The van der Waals surface area contributed by atoms with Crippen molar-refractivity contribution in [3.63, 3.8) is 0 Å². The van der Waals surface area contributed by atoms with E-state index in [1.54, 1.807) is 13.1 Å². The molecule has 1 aromatic carbocycles. The summed E-state index contributed by atoms with van der Waals surface area (Å²) in [5.41, 5.74) is 0.982. The van der Waals surface area contributed by atoms with Gasteiger partial charge in [0.2, 0.25) is 0 Å². The number of hydrogen-bond acceptors (Lipinski definition) is 1. The van der Waals surface area contributed by atoms with Gasteiger partial charge < -0.3 is 0 Å². The molecule has 1 aromatic rings. The molecular formula is C8H10ClNOS. The van der Waals surface area contributed by atoms with Crippen LogP contribution in [0.1, 0.15) is 5.56 Å². The van der Waals surface area contributed by atoms with Gasteiger partial charge in [0, 0.05) is 5.02 Å². The topological polar surface area (TPSA) is 29.1 Å². The molecule has 1 unspecified atom stereocenters. The van der Waals surface area contributed by atoms with Crippen LogP contribution in [-0.4, -0.2) is 11.3 Å². The molecule has 0 heterocycles. The van der Waals surface area contributed by atoms with Crippen LogP contribution in [0, 0.1) is 0 Å². The van der Waals surface area contributed by atoms with Crippen LogP contribution in [0.5, 0.6) is 0 Å². The Morgan fingerprint density at radius 1 is 1.58 bits per heavy atom. The summed E-state index contributed by atoms with van der Waals surface area (Å²) in [5.74, 6) is 0.497. The van der Waals surface area contributed by atoms with Crippen molar-refractivity contribution in [1.29, 1.82) is 0 Å². The fourth-order valence-electron chi connectivity index (χ4n) is 0.850. The van der Waals surface area contributed by atoms with Gasteiger partial charge >= 0.3 is 0 Å². The molecule has 0 radical (unpaired) electrons. The maximum absolute atomic E-state index is 11.0. The molecule has 0 fully saturated rings. The van der Waals surface area contributed by atoms with E-state index in [9.17, 15) is 4.21 Å². The lowest BCUT2D eigenvalue weighted by molar-refractivity contribution is 0.677. The second-order valence-corrected chi connectivity index (χ2v) is 4.15. The highest BCUT2D eigenvalue weighted by Gasteiger charge is 1.98. The maximum Gasteiger partial charge on any atom is 0.0957 e. The van der Waals surface area contributed by atoms with Crippen molar-refractivity contribution in [3.05, 3.63) is 34.9 Å². The molecule has 0 aromatic heterocycles. The summed E-state index contributed by atoms with van der Waals surface area (Å²) < 4.78 is 13.7. The fourth-order valence-corrected chi connectivity index (χ4v) is 1.69. The summed E-state index contributed by atoms with van der Waals surface area (Å²) in [6, 6.07) is 7.37. The Labute approximate surface area is 79.5 Å². The van der Waals surface area contributed by atoms with E-state index in [1.165, 1.54) is 0 Å². The largest absolute Gasteiger partial charge is 0.243 e. The molecule has 1 atom stereocenters. The van der Waals surface area contributed by atoms with E-state index in [1.807, 2.05) is 18.2 Å². The molecule has 2 nitrogen and oxygen atoms in total. The first-order chi connectivity index (χ1) is 5.72. The van der Waals surface area contributed by atoms with Gasteiger partial charge in [0.25, 0.3) is 0 Å². The van der Waals surface area contributed by atoms with Crippen molar-refractivity contribution >= 4 is 22.6 Å². The molecule has 0 saturated heterocycles. The first kappa shape index (κ1) is 9.71. The van der Waals surface area contributed by atoms with Crippen molar-refractivity contribution in [2.24, 2.45) is 0 Å². The van der Waals surface area contributed by atoms with E-state index in [4.69, 9.17) is 11.6 Å². The number of nitrogens with one attached hydrogen (secondary N) is 1. The van der Waals surface area contributed by atoms with Crippen molar-refractivity contribution in [2.45, 2.75) is 5.75 Å². The minimum atomic E-state index is -0.995. The SMILES string of the molecule is CNS(=O)Cc1cccc(Cl)c1. The zero-order chi connectivity index (χ0) is 8.97. The van der Waals surface area contributed by atoms with Crippen molar-refractivity contribution in [1.82, 2.24) is 4.72 Å². The van der Waals surface area contributed by atoms with Crippen LogP contribution in [0.15, 0.2) is 24.3 Å². The minimum absolute atomic E-state index is 0.497. The van der Waals surface area contributed by atoms with E-state index in [-0.39, 0.29) is 0 Å². The number of benzene rings is 1. The van der Waals surface area contributed by atoms with Crippen LogP contribution < -0.4 is 4.72 Å². The van der Waals surface area contributed by atoms with Crippen LogP contribution in [0.2, 0.25) is 5.02 Å². The molecule has 4 heteroatoms. The lowest BCUT2D eigenvalue weighted by Gasteiger charge is -2.00. The van der Waals surface area contributed by atoms with Crippen LogP contribution in [0.25, 0.3) is 0 Å². The van der Waals surface area contributed by atoms with E-state index >= 15 is 0 Å². The molecule has 0 amide bonds. The molecule has 0 aliphatic rings. The lowest BCUT2D eigenvalue weighted by atomic mass is 10.2. The summed E-state index contributed by atoms with van der Waals surface area (Å²) in [6.07, 6.45) is 0. The van der Waals surface area contributed by atoms with Gasteiger partial charge in [-0.3, -0.25) is 0 Å². The Bertz CT molecular complexity index is 290. The molecule has 0 spiro atoms. The van der Waals surface area contributed by atoms with Gasteiger partial charge in [-0.25, -0.2) is 8.93 Å². The summed E-state index contributed by atoms with van der Waals surface area (Å²) >= 11 is 5.75. The zero-order valence-corrected chi connectivity index (χ0v) is 8.28. The second-order valence-electron chi connectivity index (χ2n) is 2.32. The van der Waals surface area contributed by atoms with Gasteiger partial charge in [0.15, 0.2) is 0 Å². The standard InChI is InChI=1S/C8H10ClNOS/c1-10-12(11)6-7-3-2-4-8(9)5-7/h2-5,10H,6H2,1H3. The van der Waals surface area contributed by atoms with Gasteiger partial charge in [0.05, 0.1) is 16.7 Å². The van der Waals surface area contributed by atoms with Crippen molar-refractivity contribution < 1.29 is 4.21 Å². The molecule has 12 heavy (non-hydrogen) atoms. The molecule has 0 bridgehead atoms. The molecule has 1 rings (SSSR count). The number of rotatable bonds is 3. The Balaban J connectivity index is 2.69. The third-order valence-electron chi connectivity index (χ3n) is 1.41. The predicted molar refractivity (Wildman–Crippen MR) is 52.4 cm³/mol. The molecule has 0 aliphatic heterocycles. The lowest BCUT2D eigenvalue weighted by Crippen LogP contribution is -2.12. The fraction of sp³-hybridized carbons (Fsp3) is 0.250. The third-order valence-corrected chi connectivity index (χ3v) is 2.70. The highest BCUT2D eigenvalue weighted by Crippen LogP contribution is 2.11. The highest BCUT2D eigenvalue weighted by molar-refractivity contribution is 7.82. The minimum Gasteiger partial charge on any atom is -0.243 e. The van der Waals surface area contributed by atoms with Gasteiger partial charge in [-0.15, -0.1) is 0 Å². The average Bonchev–Trinajstić information content (AvgIpc) is 2.04. The van der Waals surface area contributed by atoms with Crippen LogP contribution >= 0.6 is 11.6 Å². The van der Waals surface area contributed by atoms with Crippen molar-refractivity contribution in [2.75, 3.05) is 7.05 Å². The molecule has 0 saturated carbocycles. The quantitative estimate of drug-likeness (QED) is 0.797. The zero-order valence-electron chi connectivity index (χ0n) is 6.71. The van der Waals surface area contributed by atoms with E-state index in [0.717, 1.165) is 5.56 Å². The first-order valence-electron chi connectivity index (χ1n) is 3.52. The maximum atomic E-state index is 11.0. The highest BCUT2D eigenvalue weighted by atomic mass is 35.5. The van der Waals surface area contributed by atoms with E-state index < -0.39 is 11.0 Å². The molecule has 66 valence electrons. The van der Waals surface area contributed by atoms with Crippen molar-refractivity contribution in [3.8, 4) is 0 Å². The smallest absolute Gasteiger partial charge is 0.0957 e. The Hall–Kier alpha value is -0.380. The third kappa shape index (κ3) is 2.93. The number of hydrogen-bond donors (Lipinski definition) is 1. The van der Waals surface area contributed by atoms with Crippen LogP contribution in [-0.2, 0) is 16.7 Å². The summed E-state index contributed by atoms with van der Waals surface area (Å²) in [5, 5.41) is 0.681. The molecular weight excluding hydrogens is 194 g/mol. The van der Waals surface area contributed by atoms with Gasteiger partial charge in [-0.2, -0.15) is 0 Å². The molecule has 0 aliphatic carbocycles. The normalized spacial score (nSPS) is 12.8. The van der Waals surface area contributed by atoms with E-state index in [2.05, 4.69) is 4.72 Å². The van der Waals surface area contributed by atoms with Crippen LogP contribution in [0.4, 0.5) is 0 Å². The Kier molecular flexibility index (Phi) is 3.72. The predicted octanol–water partition coefficient (Wildman–Crippen LogP) is 1.72. The summed E-state index contributed by atoms with van der Waals surface area (Å²) in [7, 11) is 0.672. The van der Waals surface area contributed by atoms with Gasteiger partial charge in [-0.1, -0.05) is 23.7 Å². The monoisotopic (exact) mass is 203 g/mol. The molecule has 1 N–H and O–H groups in total. The average molecular weight is 204 g/mol. The van der Waals surface area contributed by atoms with E-state index in [0.29, 0.717) is 10.8 Å². The van der Waals surface area contributed by atoms with Gasteiger partial charge in [0.1, 0.15) is 0 Å². The summed E-state index contributed by atoms with van der Waals surface area (Å²) in [6.45, 7) is 0. The van der Waals surface area contributed by atoms with Crippen LogP contribution in [0.3, 0.4) is 0 Å².